The van der Waals surface area contributed by atoms with Crippen LogP contribution in [0.1, 0.15) is 44.9 Å². The number of hydrogen-bond donors (Lipinski definition) is 1. The molecule has 1 atom stereocenters. The Balaban J connectivity index is 2.21. The predicted molar refractivity (Wildman–Crippen MR) is 138 cm³/mol. The molecule has 37 heavy (non-hydrogen) atoms. The third-order valence-corrected chi connectivity index (χ3v) is 5.81. The van der Waals surface area contributed by atoms with Crippen LogP contribution in [0.2, 0.25) is 0 Å². The van der Waals surface area contributed by atoms with E-state index in [4.69, 9.17) is 23.7 Å². The minimum absolute atomic E-state index is 0.0504. The van der Waals surface area contributed by atoms with Crippen molar-refractivity contribution in [2.24, 2.45) is 0 Å². The van der Waals surface area contributed by atoms with Gasteiger partial charge in [-0.1, -0.05) is 12.1 Å². The Bertz CT molecular complexity index is 1150. The van der Waals surface area contributed by atoms with Crippen molar-refractivity contribution < 1.29 is 38.4 Å². The Kier molecular flexibility index (Phi) is 9.04. The minimum Gasteiger partial charge on any atom is -0.507 e. The van der Waals surface area contributed by atoms with Crippen LogP contribution in [0, 0.1) is 0 Å². The summed E-state index contributed by atoms with van der Waals surface area (Å²) in [6.07, 6.45) is -0.136. The van der Waals surface area contributed by atoms with Gasteiger partial charge in [0.1, 0.15) is 11.5 Å². The Labute approximate surface area is 217 Å². The monoisotopic (exact) mass is 513 g/mol. The van der Waals surface area contributed by atoms with Gasteiger partial charge in [-0.2, -0.15) is 0 Å². The SMILES string of the molecule is COc1cc(C2/C(=C(\O)c3cccc(OC(C)C)c3)C(=O)C(=O)N2CCOC(C)C)cc(OC)c1OC. The summed E-state index contributed by atoms with van der Waals surface area (Å²) < 4.78 is 27.8. The number of hydrogen-bond acceptors (Lipinski definition) is 8. The first-order chi connectivity index (χ1) is 17.6. The smallest absolute Gasteiger partial charge is 0.295 e. The molecule has 9 nitrogen and oxygen atoms in total. The fraction of sp³-hybridized carbons (Fsp3) is 0.429. The molecule has 1 aliphatic rings. The number of rotatable bonds is 11. The molecule has 1 heterocycles. The van der Waals surface area contributed by atoms with Crippen LogP contribution >= 0.6 is 0 Å². The highest BCUT2D eigenvalue weighted by Gasteiger charge is 2.46. The summed E-state index contributed by atoms with van der Waals surface area (Å²) in [7, 11) is 4.45. The molecule has 0 spiro atoms. The third-order valence-electron chi connectivity index (χ3n) is 5.81. The number of ether oxygens (including phenoxy) is 5. The average Bonchev–Trinajstić information content (AvgIpc) is 3.11. The molecule has 3 rings (SSSR count). The molecule has 0 aromatic heterocycles. The molecule has 2 aromatic carbocycles. The molecule has 0 radical (unpaired) electrons. The van der Waals surface area contributed by atoms with Crippen molar-refractivity contribution in [1.29, 1.82) is 0 Å². The van der Waals surface area contributed by atoms with Crippen LogP contribution in [0.5, 0.6) is 23.0 Å². The highest BCUT2D eigenvalue weighted by Crippen LogP contribution is 2.45. The fourth-order valence-corrected chi connectivity index (χ4v) is 4.25. The van der Waals surface area contributed by atoms with E-state index in [2.05, 4.69) is 0 Å². The van der Waals surface area contributed by atoms with Crippen LogP contribution in [0.4, 0.5) is 0 Å². The molecule has 1 saturated heterocycles. The number of methoxy groups -OCH3 is 3. The summed E-state index contributed by atoms with van der Waals surface area (Å²) >= 11 is 0. The molecule has 1 N–H and O–H groups in total. The number of Topliss-reactive ketones (excluding diaryl/α,β-unsaturated/α-hetero) is 1. The fourth-order valence-electron chi connectivity index (χ4n) is 4.25. The second kappa shape index (κ2) is 12.0. The number of amides is 1. The largest absolute Gasteiger partial charge is 0.507 e. The van der Waals surface area contributed by atoms with Gasteiger partial charge in [0.25, 0.3) is 11.7 Å². The zero-order valence-electron chi connectivity index (χ0n) is 22.4. The molecule has 200 valence electrons. The van der Waals surface area contributed by atoms with E-state index in [0.717, 1.165) is 0 Å². The summed E-state index contributed by atoms with van der Waals surface area (Å²) in [5.74, 6) is -0.228. The molecular formula is C28H35NO8. The number of carbonyl (C=O) groups is 2. The van der Waals surface area contributed by atoms with Crippen LogP contribution < -0.4 is 18.9 Å². The maximum atomic E-state index is 13.3. The lowest BCUT2D eigenvalue weighted by molar-refractivity contribution is -0.140. The van der Waals surface area contributed by atoms with Gasteiger partial charge in [-0.3, -0.25) is 9.59 Å². The standard InChI is InChI=1S/C28H35NO8/c1-16(2)36-12-11-29-24(19-14-21(33-5)27(35-7)22(15-19)34-6)23(26(31)28(29)32)25(30)18-9-8-10-20(13-18)37-17(3)4/h8-10,13-17,24,30H,11-12H2,1-7H3/b25-23+. The topological polar surface area (TPSA) is 104 Å². The Morgan fingerprint density at radius 2 is 1.59 bits per heavy atom. The molecule has 0 saturated carbocycles. The number of nitrogens with zero attached hydrogens (tertiary/aromatic N) is 1. The van der Waals surface area contributed by atoms with Gasteiger partial charge in [0.15, 0.2) is 11.5 Å². The van der Waals surface area contributed by atoms with Crippen LogP contribution in [0.25, 0.3) is 5.76 Å². The van der Waals surface area contributed by atoms with Crippen LogP contribution in [0.3, 0.4) is 0 Å². The molecule has 1 aliphatic heterocycles. The normalized spacial score (nSPS) is 17.0. The maximum Gasteiger partial charge on any atom is 0.295 e. The van der Waals surface area contributed by atoms with Crippen LogP contribution in [0.15, 0.2) is 42.0 Å². The molecule has 0 bridgehead atoms. The van der Waals surface area contributed by atoms with E-state index in [1.54, 1.807) is 36.4 Å². The molecule has 1 amide bonds. The van der Waals surface area contributed by atoms with Crippen molar-refractivity contribution >= 4 is 17.4 Å². The molecule has 2 aromatic rings. The lowest BCUT2D eigenvalue weighted by Gasteiger charge is -2.27. The number of likely N-dealkylation sites (tertiary alicyclic amines) is 1. The predicted octanol–water partition coefficient (Wildman–Crippen LogP) is 4.35. The Morgan fingerprint density at radius 3 is 2.14 bits per heavy atom. The van der Waals surface area contributed by atoms with Gasteiger partial charge in [0.05, 0.1) is 51.8 Å². The quantitative estimate of drug-likeness (QED) is 0.269. The summed E-state index contributed by atoms with van der Waals surface area (Å²) in [6, 6.07) is 9.18. The third kappa shape index (κ3) is 5.99. The summed E-state index contributed by atoms with van der Waals surface area (Å²) in [5, 5.41) is 11.4. The summed E-state index contributed by atoms with van der Waals surface area (Å²) in [4.78, 5) is 28.0. The first-order valence-electron chi connectivity index (χ1n) is 12.1. The Morgan fingerprint density at radius 1 is 0.946 bits per heavy atom. The molecule has 1 fully saturated rings. The second-order valence-electron chi connectivity index (χ2n) is 9.07. The van der Waals surface area contributed by atoms with Crippen LogP contribution in [-0.4, -0.2) is 68.4 Å². The van der Waals surface area contributed by atoms with Gasteiger partial charge >= 0.3 is 0 Å². The van der Waals surface area contributed by atoms with Gasteiger partial charge in [-0.15, -0.1) is 0 Å². The van der Waals surface area contributed by atoms with E-state index in [-0.39, 0.29) is 36.7 Å². The van der Waals surface area contributed by atoms with E-state index in [0.29, 0.717) is 34.1 Å². The molecule has 1 unspecified atom stereocenters. The van der Waals surface area contributed by atoms with Gasteiger partial charge in [-0.05, 0) is 57.5 Å². The second-order valence-corrected chi connectivity index (χ2v) is 9.07. The first-order valence-corrected chi connectivity index (χ1v) is 12.1. The minimum atomic E-state index is -0.917. The van der Waals surface area contributed by atoms with Gasteiger partial charge < -0.3 is 33.7 Å². The highest BCUT2D eigenvalue weighted by atomic mass is 16.5. The molecule has 0 aliphatic carbocycles. The van der Waals surface area contributed by atoms with Crippen molar-refractivity contribution in [3.8, 4) is 23.0 Å². The number of carbonyl (C=O) groups excluding carboxylic acids is 2. The van der Waals surface area contributed by atoms with E-state index >= 15 is 0 Å². The lowest BCUT2D eigenvalue weighted by Crippen LogP contribution is -2.33. The van der Waals surface area contributed by atoms with Crippen molar-refractivity contribution in [2.45, 2.75) is 45.9 Å². The number of aliphatic hydroxyl groups is 1. The van der Waals surface area contributed by atoms with E-state index < -0.39 is 17.7 Å². The number of benzene rings is 2. The van der Waals surface area contributed by atoms with Crippen LogP contribution in [-0.2, 0) is 14.3 Å². The molecular weight excluding hydrogens is 478 g/mol. The Hall–Kier alpha value is -3.72. The highest BCUT2D eigenvalue weighted by molar-refractivity contribution is 6.46. The maximum absolute atomic E-state index is 13.3. The van der Waals surface area contributed by atoms with Gasteiger partial charge in [-0.25, -0.2) is 0 Å². The van der Waals surface area contributed by atoms with E-state index in [9.17, 15) is 14.7 Å². The summed E-state index contributed by atoms with van der Waals surface area (Å²) in [5.41, 5.74) is 0.812. The summed E-state index contributed by atoms with van der Waals surface area (Å²) in [6.45, 7) is 7.90. The van der Waals surface area contributed by atoms with E-state index in [1.165, 1.54) is 26.2 Å². The number of ketones is 1. The lowest BCUT2D eigenvalue weighted by atomic mass is 9.94. The van der Waals surface area contributed by atoms with Crippen molar-refractivity contribution in [2.75, 3.05) is 34.5 Å². The zero-order valence-corrected chi connectivity index (χ0v) is 22.4. The van der Waals surface area contributed by atoms with Crippen molar-refractivity contribution in [3.63, 3.8) is 0 Å². The van der Waals surface area contributed by atoms with E-state index in [1.807, 2.05) is 27.7 Å². The first kappa shape index (κ1) is 27.9. The van der Waals surface area contributed by atoms with Gasteiger partial charge in [0.2, 0.25) is 5.75 Å². The van der Waals surface area contributed by atoms with Crippen molar-refractivity contribution in [1.82, 2.24) is 4.90 Å². The zero-order chi connectivity index (χ0) is 27.3. The van der Waals surface area contributed by atoms with Crippen molar-refractivity contribution in [3.05, 3.63) is 53.1 Å². The average molecular weight is 514 g/mol. The molecule has 9 heteroatoms. The number of aliphatic hydroxyl groups excluding tert-OH is 1. The van der Waals surface area contributed by atoms with Gasteiger partial charge in [0, 0.05) is 12.1 Å².